The molecular weight excluding hydrogens is 665 g/mol. The molecule has 0 saturated carbocycles. The van der Waals surface area contributed by atoms with Crippen LogP contribution < -0.4 is 0 Å². The summed E-state index contributed by atoms with van der Waals surface area (Å²) in [5.41, 5.74) is 15.1. The molecule has 0 aliphatic heterocycles. The summed E-state index contributed by atoms with van der Waals surface area (Å²) in [6.07, 6.45) is 0. The van der Waals surface area contributed by atoms with Gasteiger partial charge >= 0.3 is 0 Å². The summed E-state index contributed by atoms with van der Waals surface area (Å²) < 4.78 is 4.84. The lowest BCUT2D eigenvalue weighted by molar-refractivity contribution is 0.666. The molecule has 0 spiro atoms. The summed E-state index contributed by atoms with van der Waals surface area (Å²) >= 11 is 0. The summed E-state index contributed by atoms with van der Waals surface area (Å²) in [5.74, 6) is 0. The van der Waals surface area contributed by atoms with Crippen molar-refractivity contribution in [2.45, 2.75) is 19.3 Å². The first-order valence-electron chi connectivity index (χ1n) is 19.3. The lowest BCUT2D eigenvalue weighted by Gasteiger charge is -2.25. The van der Waals surface area contributed by atoms with Crippen molar-refractivity contribution >= 4 is 65.2 Å². The Morgan fingerprint density at radius 1 is 0.364 bits per heavy atom. The smallest absolute Gasteiger partial charge is 0.0547 e. The number of para-hydroxylation sites is 4. The van der Waals surface area contributed by atoms with Gasteiger partial charge in [-0.1, -0.05) is 129 Å². The normalized spacial score (nSPS) is 13.4. The van der Waals surface area contributed by atoms with Gasteiger partial charge in [-0.3, -0.25) is 0 Å². The number of benzene rings is 9. The van der Waals surface area contributed by atoms with Crippen LogP contribution in [0.2, 0.25) is 0 Å². The fraction of sp³-hybridized carbons (Fsp3) is 0.0566. The first-order valence-corrected chi connectivity index (χ1v) is 19.3. The zero-order valence-corrected chi connectivity index (χ0v) is 30.7. The molecule has 0 amide bonds. The SMILES string of the molecule is CC1(C)c2ccccc2-c2ccc3c(c(-c4ccc5c(c4)c4ccccc4n5-c4ccccc4)cc4cc5c6ccccc6n(-c6ccccc6)c5cc43)c21. The Kier molecular flexibility index (Phi) is 6.15. The van der Waals surface area contributed by atoms with Crippen LogP contribution in [-0.2, 0) is 5.41 Å². The summed E-state index contributed by atoms with van der Waals surface area (Å²) in [7, 11) is 0. The lowest BCUT2D eigenvalue weighted by atomic mass is 9.77. The summed E-state index contributed by atoms with van der Waals surface area (Å²) in [4.78, 5) is 0. The minimum atomic E-state index is -0.176. The molecule has 2 nitrogen and oxygen atoms in total. The largest absolute Gasteiger partial charge is 0.309 e. The maximum Gasteiger partial charge on any atom is 0.0547 e. The third kappa shape index (κ3) is 4.14. The van der Waals surface area contributed by atoms with Crippen molar-refractivity contribution < 1.29 is 0 Å². The zero-order chi connectivity index (χ0) is 36.4. The van der Waals surface area contributed by atoms with E-state index in [4.69, 9.17) is 0 Å². The van der Waals surface area contributed by atoms with Crippen LogP contribution in [0, 0.1) is 0 Å². The van der Waals surface area contributed by atoms with E-state index in [0.29, 0.717) is 0 Å². The average Bonchev–Trinajstić information content (AvgIpc) is 3.83. The predicted octanol–water partition coefficient (Wildman–Crippen LogP) is 14.2. The van der Waals surface area contributed by atoms with Crippen molar-refractivity contribution in [3.05, 3.63) is 193 Å². The lowest BCUT2D eigenvalue weighted by Crippen LogP contribution is -2.15. The third-order valence-corrected chi connectivity index (χ3v) is 12.4. The minimum Gasteiger partial charge on any atom is -0.309 e. The van der Waals surface area contributed by atoms with Gasteiger partial charge in [-0.15, -0.1) is 0 Å². The maximum absolute atomic E-state index is 2.49. The summed E-state index contributed by atoms with van der Waals surface area (Å²) in [5, 5.41) is 10.2. The van der Waals surface area contributed by atoms with Gasteiger partial charge in [0.1, 0.15) is 0 Å². The minimum absolute atomic E-state index is 0.176. The van der Waals surface area contributed by atoms with Crippen LogP contribution in [0.3, 0.4) is 0 Å². The van der Waals surface area contributed by atoms with Crippen molar-refractivity contribution in [1.82, 2.24) is 9.13 Å². The van der Waals surface area contributed by atoms with Gasteiger partial charge in [-0.2, -0.15) is 0 Å². The zero-order valence-electron chi connectivity index (χ0n) is 30.7. The second-order valence-corrected chi connectivity index (χ2v) is 15.7. The van der Waals surface area contributed by atoms with Crippen LogP contribution in [0.25, 0.3) is 98.8 Å². The Labute approximate surface area is 319 Å². The molecule has 1 aliphatic rings. The number of hydrogen-bond acceptors (Lipinski definition) is 0. The first kappa shape index (κ1) is 30.6. The van der Waals surface area contributed by atoms with Gasteiger partial charge in [0.25, 0.3) is 0 Å². The van der Waals surface area contributed by atoms with Gasteiger partial charge in [0, 0.05) is 38.3 Å². The number of nitrogens with zero attached hydrogens (tertiary/aromatic N) is 2. The average molecular weight is 701 g/mol. The highest BCUT2D eigenvalue weighted by atomic mass is 15.0. The third-order valence-electron chi connectivity index (χ3n) is 12.4. The molecule has 2 heteroatoms. The Bertz CT molecular complexity index is 3380. The van der Waals surface area contributed by atoms with Crippen LogP contribution in [0.4, 0.5) is 0 Å². The highest BCUT2D eigenvalue weighted by molar-refractivity contribution is 6.23. The topological polar surface area (TPSA) is 9.86 Å². The molecule has 258 valence electrons. The molecule has 55 heavy (non-hydrogen) atoms. The molecule has 9 aromatic carbocycles. The molecule has 2 heterocycles. The second-order valence-electron chi connectivity index (χ2n) is 15.7. The highest BCUT2D eigenvalue weighted by Gasteiger charge is 2.37. The van der Waals surface area contributed by atoms with E-state index in [2.05, 4.69) is 205 Å². The van der Waals surface area contributed by atoms with Gasteiger partial charge in [-0.25, -0.2) is 0 Å². The maximum atomic E-state index is 2.49. The quantitative estimate of drug-likeness (QED) is 0.162. The van der Waals surface area contributed by atoms with Crippen LogP contribution >= 0.6 is 0 Å². The van der Waals surface area contributed by atoms with Crippen LogP contribution in [-0.4, -0.2) is 9.13 Å². The monoisotopic (exact) mass is 700 g/mol. The van der Waals surface area contributed by atoms with Crippen LogP contribution in [0.1, 0.15) is 25.0 Å². The van der Waals surface area contributed by atoms with E-state index in [1.165, 1.54) is 110 Å². The summed E-state index contributed by atoms with van der Waals surface area (Å²) in [6.45, 7) is 4.83. The fourth-order valence-electron chi connectivity index (χ4n) is 10.1. The van der Waals surface area contributed by atoms with Crippen molar-refractivity contribution in [3.63, 3.8) is 0 Å². The van der Waals surface area contributed by atoms with Crippen molar-refractivity contribution in [2.75, 3.05) is 0 Å². The number of aromatic nitrogens is 2. The molecule has 1 aliphatic carbocycles. The van der Waals surface area contributed by atoms with Crippen molar-refractivity contribution in [1.29, 1.82) is 0 Å². The van der Waals surface area contributed by atoms with E-state index >= 15 is 0 Å². The highest BCUT2D eigenvalue weighted by Crippen LogP contribution is 2.54. The van der Waals surface area contributed by atoms with Crippen molar-refractivity contribution in [2.24, 2.45) is 0 Å². The van der Waals surface area contributed by atoms with E-state index in [1.807, 2.05) is 0 Å². The molecule has 0 radical (unpaired) electrons. The van der Waals surface area contributed by atoms with Gasteiger partial charge in [0.2, 0.25) is 0 Å². The van der Waals surface area contributed by atoms with Gasteiger partial charge in [0.15, 0.2) is 0 Å². The second kappa shape index (κ2) is 11.1. The molecule has 0 saturated heterocycles. The van der Waals surface area contributed by atoms with E-state index in [9.17, 15) is 0 Å². The molecule has 0 N–H and O–H groups in total. The van der Waals surface area contributed by atoms with Gasteiger partial charge in [-0.05, 0) is 122 Å². The van der Waals surface area contributed by atoms with E-state index in [0.717, 1.165) is 0 Å². The molecular formula is C53H36N2. The number of hydrogen-bond donors (Lipinski definition) is 0. The Morgan fingerprint density at radius 3 is 1.65 bits per heavy atom. The summed E-state index contributed by atoms with van der Waals surface area (Å²) in [6, 6.07) is 67.6. The molecule has 0 unspecified atom stereocenters. The molecule has 11 aromatic rings. The number of fused-ring (bicyclic) bond motifs is 13. The molecule has 2 aromatic heterocycles. The number of rotatable bonds is 3. The fourth-order valence-corrected chi connectivity index (χ4v) is 10.1. The van der Waals surface area contributed by atoms with Gasteiger partial charge in [0.05, 0.1) is 22.1 Å². The van der Waals surface area contributed by atoms with Crippen molar-refractivity contribution in [3.8, 4) is 33.6 Å². The van der Waals surface area contributed by atoms with Crippen LogP contribution in [0.5, 0.6) is 0 Å². The Morgan fingerprint density at radius 2 is 0.945 bits per heavy atom. The van der Waals surface area contributed by atoms with E-state index in [-0.39, 0.29) is 5.41 Å². The van der Waals surface area contributed by atoms with Crippen LogP contribution in [0.15, 0.2) is 182 Å². The standard InChI is InChI=1S/C53H36N2/c1-53(2)46-22-12-9-19-37(46)41-27-26-40-42-32-50-45(39-21-11-14-24-48(39)55(50)36-17-7-4-8-18-36)31-34(42)30-43(51(40)52(41)53)33-25-28-49-44(29-33)38-20-10-13-23-47(38)54(49)35-15-5-3-6-16-35/h3-32H,1-2H3. The Balaban J connectivity index is 1.22. The molecule has 0 atom stereocenters. The van der Waals surface area contributed by atoms with Gasteiger partial charge < -0.3 is 9.13 Å². The Hall–Kier alpha value is -6.90. The first-order chi connectivity index (χ1) is 27.1. The molecule has 12 rings (SSSR count). The predicted molar refractivity (Wildman–Crippen MR) is 233 cm³/mol. The molecule has 0 fully saturated rings. The van der Waals surface area contributed by atoms with E-state index < -0.39 is 0 Å². The molecule has 0 bridgehead atoms. The van der Waals surface area contributed by atoms with E-state index in [1.54, 1.807) is 0 Å².